The van der Waals surface area contributed by atoms with Gasteiger partial charge in [-0.2, -0.15) is 0 Å². The van der Waals surface area contributed by atoms with Gasteiger partial charge in [-0.05, 0) is 24.5 Å². The van der Waals surface area contributed by atoms with Crippen LogP contribution in [0.4, 0.5) is 4.39 Å². The third-order valence-electron chi connectivity index (χ3n) is 2.65. The average Bonchev–Trinajstić information content (AvgIpc) is 2.89. The van der Waals surface area contributed by atoms with Crippen molar-refractivity contribution in [3.8, 4) is 0 Å². The van der Waals surface area contributed by atoms with E-state index in [-0.39, 0.29) is 18.0 Å². The van der Waals surface area contributed by atoms with Crippen LogP contribution >= 0.6 is 0 Å². The molecule has 0 unspecified atom stereocenters. The van der Waals surface area contributed by atoms with Crippen LogP contribution in [0.2, 0.25) is 0 Å². The summed E-state index contributed by atoms with van der Waals surface area (Å²) in [6.07, 6.45) is 1.59. The molecule has 0 amide bonds. The first kappa shape index (κ1) is 9.34. The maximum atomic E-state index is 13.2. The Hall–Kier alpha value is -1.22. The molecule has 1 aromatic carbocycles. The zero-order valence-corrected chi connectivity index (χ0v) is 7.79. The smallest absolute Gasteiger partial charge is 0.157 e. The van der Waals surface area contributed by atoms with Gasteiger partial charge >= 0.3 is 0 Å². The number of ketones is 1. The molecule has 2 rings (SSSR count). The fourth-order valence-corrected chi connectivity index (χ4v) is 1.40. The second kappa shape index (κ2) is 3.17. The van der Waals surface area contributed by atoms with Crippen LogP contribution in [0, 0.1) is 5.82 Å². The molecule has 74 valence electrons. The van der Waals surface area contributed by atoms with Gasteiger partial charge in [0.05, 0.1) is 5.54 Å². The fourth-order valence-electron chi connectivity index (χ4n) is 1.40. The normalized spacial score (nSPS) is 17.9. The first-order valence-corrected chi connectivity index (χ1v) is 4.67. The predicted molar refractivity (Wildman–Crippen MR) is 51.3 cm³/mol. The summed E-state index contributed by atoms with van der Waals surface area (Å²) >= 11 is 0. The van der Waals surface area contributed by atoms with Crippen LogP contribution in [0.1, 0.15) is 18.4 Å². The van der Waals surface area contributed by atoms with Crippen LogP contribution in [-0.4, -0.2) is 11.3 Å². The predicted octanol–water partition coefficient (Wildman–Crippen LogP) is 1.43. The Labute approximate surface area is 81.9 Å². The first-order valence-electron chi connectivity index (χ1n) is 4.67. The highest BCUT2D eigenvalue weighted by Crippen LogP contribution is 2.34. The third kappa shape index (κ3) is 1.68. The van der Waals surface area contributed by atoms with Crippen molar-refractivity contribution in [2.75, 3.05) is 0 Å². The lowest BCUT2D eigenvalue weighted by molar-refractivity contribution is -0.120. The molecular formula is C11H12FNO. The van der Waals surface area contributed by atoms with E-state index in [1.54, 1.807) is 18.2 Å². The molecule has 0 aromatic heterocycles. The van der Waals surface area contributed by atoms with Crippen molar-refractivity contribution in [3.63, 3.8) is 0 Å². The number of hydrogen-bond acceptors (Lipinski definition) is 2. The molecule has 1 aliphatic rings. The van der Waals surface area contributed by atoms with E-state index in [4.69, 9.17) is 5.73 Å². The molecule has 3 heteroatoms. The number of carbonyl (C=O) groups excluding carboxylic acids is 1. The minimum absolute atomic E-state index is 0.0531. The highest BCUT2D eigenvalue weighted by Gasteiger charge is 2.45. The van der Waals surface area contributed by atoms with E-state index >= 15 is 0 Å². The van der Waals surface area contributed by atoms with E-state index in [9.17, 15) is 9.18 Å². The van der Waals surface area contributed by atoms with Crippen LogP contribution in [0.25, 0.3) is 0 Å². The van der Waals surface area contributed by atoms with Crippen LogP contribution in [0.15, 0.2) is 24.3 Å². The van der Waals surface area contributed by atoms with Gasteiger partial charge in [-0.3, -0.25) is 4.79 Å². The summed E-state index contributed by atoms with van der Waals surface area (Å²) in [5, 5.41) is 0. The van der Waals surface area contributed by atoms with Crippen molar-refractivity contribution < 1.29 is 9.18 Å². The number of nitrogens with two attached hydrogens (primary N) is 1. The molecule has 1 fully saturated rings. The van der Waals surface area contributed by atoms with E-state index < -0.39 is 5.54 Å². The molecule has 0 bridgehead atoms. The lowest BCUT2D eigenvalue weighted by Gasteiger charge is -2.07. The van der Waals surface area contributed by atoms with Gasteiger partial charge in [0.1, 0.15) is 5.82 Å². The zero-order valence-electron chi connectivity index (χ0n) is 7.79. The Morgan fingerprint density at radius 1 is 1.43 bits per heavy atom. The van der Waals surface area contributed by atoms with Gasteiger partial charge in [0.25, 0.3) is 0 Å². The molecule has 14 heavy (non-hydrogen) atoms. The van der Waals surface area contributed by atoms with Crippen molar-refractivity contribution in [1.82, 2.24) is 0 Å². The molecule has 1 aromatic rings. The van der Waals surface area contributed by atoms with Crippen molar-refractivity contribution in [1.29, 1.82) is 0 Å². The molecular weight excluding hydrogens is 181 g/mol. The lowest BCUT2D eigenvalue weighted by Crippen LogP contribution is -2.34. The van der Waals surface area contributed by atoms with Crippen molar-refractivity contribution in [2.45, 2.75) is 24.8 Å². The quantitative estimate of drug-likeness (QED) is 0.789. The monoisotopic (exact) mass is 193 g/mol. The summed E-state index contributed by atoms with van der Waals surface area (Å²) in [6, 6.07) is 6.32. The van der Waals surface area contributed by atoms with Crippen molar-refractivity contribution in [3.05, 3.63) is 35.6 Å². The van der Waals surface area contributed by atoms with Gasteiger partial charge in [0.2, 0.25) is 0 Å². The average molecular weight is 193 g/mol. The minimum atomic E-state index is -0.651. The van der Waals surface area contributed by atoms with E-state index in [1.807, 2.05) is 0 Å². The standard InChI is InChI=1S/C11H12FNO/c12-9-4-2-1-3-8(9)7-10(14)11(13)5-6-11/h1-4H,5-7,13H2. The first-order chi connectivity index (χ1) is 6.62. The molecule has 1 saturated carbocycles. The van der Waals surface area contributed by atoms with E-state index in [2.05, 4.69) is 0 Å². The largest absolute Gasteiger partial charge is 0.319 e. The van der Waals surface area contributed by atoms with Crippen molar-refractivity contribution in [2.24, 2.45) is 5.73 Å². The maximum absolute atomic E-state index is 13.2. The van der Waals surface area contributed by atoms with Gasteiger partial charge in [-0.25, -0.2) is 4.39 Å². The van der Waals surface area contributed by atoms with Crippen molar-refractivity contribution >= 4 is 5.78 Å². The topological polar surface area (TPSA) is 43.1 Å². The van der Waals surface area contributed by atoms with Gasteiger partial charge < -0.3 is 5.73 Å². The Morgan fingerprint density at radius 3 is 2.64 bits per heavy atom. The molecule has 0 atom stereocenters. The molecule has 0 heterocycles. The van der Waals surface area contributed by atoms with Crippen LogP contribution < -0.4 is 5.73 Å². The van der Waals surface area contributed by atoms with Gasteiger partial charge in [0, 0.05) is 6.42 Å². The molecule has 0 radical (unpaired) electrons. The van der Waals surface area contributed by atoms with E-state index in [0.29, 0.717) is 5.56 Å². The summed E-state index contributed by atoms with van der Waals surface area (Å²) in [5.74, 6) is -0.382. The number of hydrogen-bond donors (Lipinski definition) is 1. The van der Waals surface area contributed by atoms with Crippen LogP contribution in [-0.2, 0) is 11.2 Å². The minimum Gasteiger partial charge on any atom is -0.319 e. The second-order valence-corrected chi connectivity index (χ2v) is 3.85. The van der Waals surface area contributed by atoms with Crippen LogP contribution in [0.3, 0.4) is 0 Å². The van der Waals surface area contributed by atoms with Gasteiger partial charge in [-0.15, -0.1) is 0 Å². The second-order valence-electron chi connectivity index (χ2n) is 3.85. The SMILES string of the molecule is NC1(C(=O)Cc2ccccc2F)CC1. The number of rotatable bonds is 3. The summed E-state index contributed by atoms with van der Waals surface area (Å²) in [5.41, 5.74) is 5.50. The van der Waals surface area contributed by atoms with Gasteiger partial charge in [-0.1, -0.05) is 18.2 Å². The molecule has 2 nitrogen and oxygen atoms in total. The number of carbonyl (C=O) groups is 1. The Balaban J connectivity index is 2.11. The Morgan fingerprint density at radius 2 is 2.07 bits per heavy atom. The molecule has 2 N–H and O–H groups in total. The Bertz CT molecular complexity index is 371. The number of Topliss-reactive ketones (excluding diaryl/α,β-unsaturated/α-hetero) is 1. The lowest BCUT2D eigenvalue weighted by atomic mass is 10.0. The molecule has 0 saturated heterocycles. The molecule has 0 aliphatic heterocycles. The third-order valence-corrected chi connectivity index (χ3v) is 2.65. The summed E-state index contributed by atoms with van der Waals surface area (Å²) in [7, 11) is 0. The van der Waals surface area contributed by atoms with Crippen LogP contribution in [0.5, 0.6) is 0 Å². The maximum Gasteiger partial charge on any atom is 0.157 e. The number of benzene rings is 1. The molecule has 1 aliphatic carbocycles. The summed E-state index contributed by atoms with van der Waals surface area (Å²) < 4.78 is 13.2. The Kier molecular flexibility index (Phi) is 2.11. The fraction of sp³-hybridized carbons (Fsp3) is 0.364. The van der Waals surface area contributed by atoms with Gasteiger partial charge in [0.15, 0.2) is 5.78 Å². The summed E-state index contributed by atoms with van der Waals surface area (Å²) in [4.78, 5) is 11.6. The van der Waals surface area contributed by atoms with E-state index in [1.165, 1.54) is 6.07 Å². The highest BCUT2D eigenvalue weighted by atomic mass is 19.1. The number of halogens is 1. The molecule has 0 spiro atoms. The summed E-state index contributed by atoms with van der Waals surface area (Å²) in [6.45, 7) is 0. The highest BCUT2D eigenvalue weighted by molar-refractivity contribution is 5.92. The van der Waals surface area contributed by atoms with E-state index in [0.717, 1.165) is 12.8 Å². The zero-order chi connectivity index (χ0) is 10.2.